The Hall–Kier alpha value is -1.35. The molecule has 1 aromatic rings. The van der Waals surface area contributed by atoms with Crippen LogP contribution in [-0.4, -0.2) is 57.2 Å². The minimum absolute atomic E-state index is 0. The number of anilines is 1. The number of carbonyl (C=O) groups excluding carboxylic acids is 1. The lowest BCUT2D eigenvalue weighted by Gasteiger charge is -2.22. The van der Waals surface area contributed by atoms with Crippen molar-refractivity contribution >= 4 is 41.5 Å². The van der Waals surface area contributed by atoms with Crippen LogP contribution in [0.25, 0.3) is 0 Å². The fourth-order valence-electron chi connectivity index (χ4n) is 3.12. The van der Waals surface area contributed by atoms with Gasteiger partial charge < -0.3 is 19.9 Å². The second-order valence-corrected chi connectivity index (χ2v) is 7.16. The lowest BCUT2D eigenvalue weighted by atomic mass is 10.2. The first kappa shape index (κ1) is 21.9. The van der Waals surface area contributed by atoms with Gasteiger partial charge in [0.25, 0.3) is 0 Å². The van der Waals surface area contributed by atoms with Crippen LogP contribution in [-0.2, 0) is 16.1 Å². The highest BCUT2D eigenvalue weighted by molar-refractivity contribution is 14.0. The minimum atomic E-state index is 0. The maximum Gasteiger partial charge on any atom is 0.227 e. The van der Waals surface area contributed by atoms with Crippen LogP contribution in [0.2, 0.25) is 0 Å². The van der Waals surface area contributed by atoms with Gasteiger partial charge in [0.2, 0.25) is 5.91 Å². The zero-order chi connectivity index (χ0) is 18.4. The van der Waals surface area contributed by atoms with Crippen LogP contribution < -0.4 is 10.2 Å². The van der Waals surface area contributed by atoms with E-state index in [1.807, 2.05) is 24.1 Å². The lowest BCUT2D eigenvalue weighted by Crippen LogP contribution is -2.40. The number of nitrogens with one attached hydrogen (secondary N) is 1. The van der Waals surface area contributed by atoms with Crippen molar-refractivity contribution in [1.29, 1.82) is 0 Å². The topological polar surface area (TPSA) is 57.2 Å². The predicted molar refractivity (Wildman–Crippen MR) is 120 cm³/mol. The van der Waals surface area contributed by atoms with E-state index in [2.05, 4.69) is 27.3 Å². The number of guanidine groups is 1. The standard InChI is InChI=1S/C20H30N4O2.HI/c1-21-20(23(2)12-13-26-15-17-5-6-17)22-14-16-7-9-18(10-8-16)24-11-3-4-19(24)25;/h7-10,17H,3-6,11-15H2,1-2H3,(H,21,22);1H. The Bertz CT molecular complexity index is 631. The Labute approximate surface area is 179 Å². The summed E-state index contributed by atoms with van der Waals surface area (Å²) in [6, 6.07) is 8.19. The fourth-order valence-corrected chi connectivity index (χ4v) is 3.12. The highest BCUT2D eigenvalue weighted by Crippen LogP contribution is 2.28. The molecular formula is C20H31IN4O2. The molecule has 0 unspecified atom stereocenters. The molecule has 27 heavy (non-hydrogen) atoms. The van der Waals surface area contributed by atoms with Crippen molar-refractivity contribution in [3.8, 4) is 0 Å². The minimum Gasteiger partial charge on any atom is -0.379 e. The molecule has 2 fully saturated rings. The number of likely N-dealkylation sites (N-methyl/N-ethyl adjacent to an activating group) is 1. The van der Waals surface area contributed by atoms with E-state index < -0.39 is 0 Å². The molecule has 1 N–H and O–H groups in total. The van der Waals surface area contributed by atoms with Gasteiger partial charge in [0.1, 0.15) is 0 Å². The lowest BCUT2D eigenvalue weighted by molar-refractivity contribution is -0.117. The van der Waals surface area contributed by atoms with Crippen LogP contribution in [0.5, 0.6) is 0 Å². The second kappa shape index (κ2) is 10.8. The number of hydrogen-bond acceptors (Lipinski definition) is 3. The summed E-state index contributed by atoms with van der Waals surface area (Å²) >= 11 is 0. The molecule has 1 saturated heterocycles. The summed E-state index contributed by atoms with van der Waals surface area (Å²) in [5.41, 5.74) is 2.16. The summed E-state index contributed by atoms with van der Waals surface area (Å²) in [5, 5.41) is 3.39. The van der Waals surface area contributed by atoms with Crippen LogP contribution in [0.1, 0.15) is 31.2 Å². The number of hydrogen-bond donors (Lipinski definition) is 1. The van der Waals surface area contributed by atoms with Crippen LogP contribution in [0.4, 0.5) is 5.69 Å². The Morgan fingerprint density at radius 3 is 2.67 bits per heavy atom. The van der Waals surface area contributed by atoms with Gasteiger partial charge in [-0.05, 0) is 42.9 Å². The molecule has 1 heterocycles. The van der Waals surface area contributed by atoms with E-state index in [0.29, 0.717) is 13.0 Å². The largest absolute Gasteiger partial charge is 0.379 e. The monoisotopic (exact) mass is 486 g/mol. The number of amides is 1. The molecule has 0 aromatic heterocycles. The maximum absolute atomic E-state index is 11.8. The number of benzene rings is 1. The van der Waals surface area contributed by atoms with Gasteiger partial charge in [-0.2, -0.15) is 0 Å². The highest BCUT2D eigenvalue weighted by Gasteiger charge is 2.22. The molecule has 1 amide bonds. The number of rotatable bonds is 8. The van der Waals surface area contributed by atoms with Gasteiger partial charge in [0, 0.05) is 52.4 Å². The molecule has 0 bridgehead atoms. The Morgan fingerprint density at radius 1 is 1.33 bits per heavy atom. The molecule has 1 saturated carbocycles. The first-order valence-corrected chi connectivity index (χ1v) is 9.56. The summed E-state index contributed by atoms with van der Waals surface area (Å²) in [6.45, 7) is 3.98. The molecule has 6 nitrogen and oxygen atoms in total. The Kier molecular flexibility index (Phi) is 8.82. The number of nitrogens with zero attached hydrogens (tertiary/aromatic N) is 3. The van der Waals surface area contributed by atoms with Crippen molar-refractivity contribution in [2.45, 2.75) is 32.2 Å². The van der Waals surface area contributed by atoms with E-state index >= 15 is 0 Å². The van der Waals surface area contributed by atoms with Crippen molar-refractivity contribution < 1.29 is 9.53 Å². The Morgan fingerprint density at radius 2 is 2.07 bits per heavy atom. The second-order valence-electron chi connectivity index (χ2n) is 7.16. The fraction of sp³-hybridized carbons (Fsp3) is 0.600. The molecular weight excluding hydrogens is 455 g/mol. The first-order chi connectivity index (χ1) is 12.7. The summed E-state index contributed by atoms with van der Waals surface area (Å²) < 4.78 is 5.70. The molecule has 0 radical (unpaired) electrons. The third-order valence-corrected chi connectivity index (χ3v) is 4.97. The molecule has 1 aliphatic carbocycles. The molecule has 3 rings (SSSR count). The van der Waals surface area contributed by atoms with Crippen molar-refractivity contribution in [3.05, 3.63) is 29.8 Å². The third kappa shape index (κ3) is 6.64. The third-order valence-electron chi connectivity index (χ3n) is 4.97. The summed E-state index contributed by atoms with van der Waals surface area (Å²) in [6.07, 6.45) is 4.26. The molecule has 0 spiro atoms. The molecule has 1 aromatic carbocycles. The molecule has 1 aliphatic heterocycles. The molecule has 2 aliphatic rings. The van der Waals surface area contributed by atoms with Crippen molar-refractivity contribution in [2.24, 2.45) is 10.9 Å². The maximum atomic E-state index is 11.8. The molecule has 150 valence electrons. The van der Waals surface area contributed by atoms with E-state index in [0.717, 1.165) is 50.3 Å². The van der Waals surface area contributed by atoms with Gasteiger partial charge >= 0.3 is 0 Å². The van der Waals surface area contributed by atoms with Gasteiger partial charge in [-0.15, -0.1) is 24.0 Å². The first-order valence-electron chi connectivity index (χ1n) is 9.56. The Balaban J connectivity index is 0.00000261. The van der Waals surface area contributed by atoms with Gasteiger partial charge in [-0.1, -0.05) is 12.1 Å². The van der Waals surface area contributed by atoms with Crippen LogP contribution in [0.3, 0.4) is 0 Å². The number of aliphatic imine (C=N–C) groups is 1. The quantitative estimate of drug-likeness (QED) is 0.266. The van der Waals surface area contributed by atoms with Crippen LogP contribution in [0.15, 0.2) is 29.3 Å². The molecule has 0 atom stereocenters. The summed E-state index contributed by atoms with van der Waals surface area (Å²) in [5.74, 6) is 1.89. The van der Waals surface area contributed by atoms with Crippen LogP contribution >= 0.6 is 24.0 Å². The zero-order valence-corrected chi connectivity index (χ0v) is 18.6. The van der Waals surface area contributed by atoms with Crippen LogP contribution in [0, 0.1) is 5.92 Å². The smallest absolute Gasteiger partial charge is 0.227 e. The molecule has 7 heteroatoms. The van der Waals surface area contributed by atoms with Gasteiger partial charge in [0.05, 0.1) is 6.61 Å². The van der Waals surface area contributed by atoms with E-state index in [4.69, 9.17) is 4.74 Å². The SMILES string of the molecule is CN=C(NCc1ccc(N2CCCC2=O)cc1)N(C)CCOCC1CC1.I. The summed E-state index contributed by atoms with van der Waals surface area (Å²) in [4.78, 5) is 20.1. The van der Waals surface area contributed by atoms with Gasteiger partial charge in [0.15, 0.2) is 5.96 Å². The van der Waals surface area contributed by atoms with Crippen molar-refractivity contribution in [3.63, 3.8) is 0 Å². The van der Waals surface area contributed by atoms with E-state index in [1.165, 1.54) is 18.4 Å². The normalized spacial score (nSPS) is 17.0. The van der Waals surface area contributed by atoms with Crippen molar-refractivity contribution in [1.82, 2.24) is 10.2 Å². The number of halogens is 1. The van der Waals surface area contributed by atoms with E-state index in [9.17, 15) is 4.79 Å². The number of ether oxygens (including phenoxy) is 1. The van der Waals surface area contributed by atoms with Gasteiger partial charge in [-0.25, -0.2) is 0 Å². The summed E-state index contributed by atoms with van der Waals surface area (Å²) in [7, 11) is 3.82. The predicted octanol–water partition coefficient (Wildman–Crippen LogP) is 2.87. The van der Waals surface area contributed by atoms with Crippen molar-refractivity contribution in [2.75, 3.05) is 45.3 Å². The average Bonchev–Trinajstić information content (AvgIpc) is 3.39. The van der Waals surface area contributed by atoms with E-state index in [1.54, 1.807) is 7.05 Å². The number of carbonyl (C=O) groups is 1. The zero-order valence-electron chi connectivity index (χ0n) is 16.3. The highest BCUT2D eigenvalue weighted by atomic mass is 127. The van der Waals surface area contributed by atoms with Gasteiger partial charge in [-0.3, -0.25) is 9.79 Å². The van der Waals surface area contributed by atoms with E-state index in [-0.39, 0.29) is 29.9 Å². The average molecular weight is 486 g/mol.